The highest BCUT2D eigenvalue weighted by Gasteiger charge is 2.07. The van der Waals surface area contributed by atoms with Crippen LogP contribution in [0.3, 0.4) is 0 Å². The molecular formula is C10H13ClO2S. The lowest BCUT2D eigenvalue weighted by Gasteiger charge is -2.05. The Morgan fingerprint density at radius 3 is 3.07 bits per heavy atom. The third-order valence-electron chi connectivity index (χ3n) is 1.90. The molecule has 0 atom stereocenters. The Bertz CT molecular complexity index is 271. The molecule has 4 heteroatoms. The lowest BCUT2D eigenvalue weighted by molar-refractivity contribution is -0.136. The van der Waals surface area contributed by atoms with Crippen molar-refractivity contribution in [2.45, 2.75) is 25.7 Å². The van der Waals surface area contributed by atoms with Gasteiger partial charge in [-0.15, -0.1) is 11.8 Å². The van der Waals surface area contributed by atoms with Crippen LogP contribution < -0.4 is 0 Å². The number of carboxylic acids is 1. The highest BCUT2D eigenvalue weighted by Crippen LogP contribution is 2.31. The molecule has 0 aromatic heterocycles. The fourth-order valence-corrected chi connectivity index (χ4v) is 2.51. The van der Waals surface area contributed by atoms with Crippen molar-refractivity contribution in [1.29, 1.82) is 0 Å². The maximum Gasteiger partial charge on any atom is 0.304 e. The molecule has 0 unspecified atom stereocenters. The van der Waals surface area contributed by atoms with Crippen molar-refractivity contribution in [3.63, 3.8) is 0 Å². The molecule has 0 fully saturated rings. The van der Waals surface area contributed by atoms with Crippen LogP contribution >= 0.6 is 23.4 Å². The van der Waals surface area contributed by atoms with Crippen molar-refractivity contribution in [3.8, 4) is 0 Å². The van der Waals surface area contributed by atoms with Crippen molar-refractivity contribution in [2.75, 3.05) is 5.75 Å². The molecule has 1 aliphatic rings. The van der Waals surface area contributed by atoms with Crippen molar-refractivity contribution in [3.05, 3.63) is 22.1 Å². The fraction of sp³-hybridized carbons (Fsp3) is 0.500. The predicted octanol–water partition coefficient (Wildman–Crippen LogP) is 3.38. The normalized spacial score (nSPS) is 16.9. The summed E-state index contributed by atoms with van der Waals surface area (Å²) in [5, 5.41) is 9.38. The maximum absolute atomic E-state index is 10.3. The van der Waals surface area contributed by atoms with Gasteiger partial charge in [-0.05, 0) is 19.3 Å². The van der Waals surface area contributed by atoms with E-state index >= 15 is 0 Å². The largest absolute Gasteiger partial charge is 0.481 e. The van der Waals surface area contributed by atoms with E-state index in [9.17, 15) is 4.79 Å². The van der Waals surface area contributed by atoms with E-state index in [0.29, 0.717) is 5.75 Å². The zero-order chi connectivity index (χ0) is 10.4. The molecule has 0 heterocycles. The summed E-state index contributed by atoms with van der Waals surface area (Å²) in [5.74, 6) is -0.146. The van der Waals surface area contributed by atoms with Gasteiger partial charge in [-0.1, -0.05) is 23.8 Å². The minimum Gasteiger partial charge on any atom is -0.481 e. The van der Waals surface area contributed by atoms with Crippen molar-refractivity contribution in [2.24, 2.45) is 0 Å². The maximum atomic E-state index is 10.3. The first kappa shape index (κ1) is 11.7. The van der Waals surface area contributed by atoms with Crippen LogP contribution in [0.25, 0.3) is 0 Å². The third kappa shape index (κ3) is 4.20. The fourth-order valence-electron chi connectivity index (χ4n) is 1.17. The number of halogens is 1. The molecular weight excluding hydrogens is 220 g/mol. The molecule has 0 spiro atoms. The zero-order valence-electron chi connectivity index (χ0n) is 7.83. The van der Waals surface area contributed by atoms with Gasteiger partial charge in [0.2, 0.25) is 0 Å². The van der Waals surface area contributed by atoms with Crippen LogP contribution in [0.1, 0.15) is 25.7 Å². The standard InChI is InChI=1S/C10H13ClO2S/c11-8-4-2-1-3-5-9(8)14-7-6-10(12)13/h1,3H,2,4-7H2,(H,12,13). The number of hydrogen-bond acceptors (Lipinski definition) is 2. The van der Waals surface area contributed by atoms with Crippen LogP contribution in [0.4, 0.5) is 0 Å². The predicted molar refractivity (Wildman–Crippen MR) is 60.6 cm³/mol. The second kappa shape index (κ2) is 6.14. The van der Waals surface area contributed by atoms with E-state index < -0.39 is 5.97 Å². The van der Waals surface area contributed by atoms with Gasteiger partial charge in [-0.2, -0.15) is 0 Å². The average molecular weight is 233 g/mol. The molecule has 2 nitrogen and oxygen atoms in total. The molecule has 78 valence electrons. The van der Waals surface area contributed by atoms with Gasteiger partial charge >= 0.3 is 5.97 Å². The summed E-state index contributed by atoms with van der Waals surface area (Å²) < 4.78 is 0. The molecule has 0 amide bonds. The Balaban J connectivity index is 2.40. The van der Waals surface area contributed by atoms with Gasteiger partial charge in [0, 0.05) is 15.7 Å². The molecule has 1 aliphatic carbocycles. The first-order valence-corrected chi connectivity index (χ1v) is 5.93. The molecule has 0 aromatic rings. The van der Waals surface area contributed by atoms with E-state index in [-0.39, 0.29) is 6.42 Å². The van der Waals surface area contributed by atoms with Crippen LogP contribution in [0.15, 0.2) is 22.1 Å². The third-order valence-corrected chi connectivity index (χ3v) is 3.59. The van der Waals surface area contributed by atoms with Crippen molar-refractivity contribution >= 4 is 29.3 Å². The summed E-state index contributed by atoms with van der Waals surface area (Å²) in [6, 6.07) is 0. The average Bonchev–Trinajstić information content (AvgIpc) is 2.31. The summed E-state index contributed by atoms with van der Waals surface area (Å²) in [4.78, 5) is 11.4. The number of thioether (sulfide) groups is 1. The monoisotopic (exact) mass is 232 g/mol. The Kier molecular flexibility index (Phi) is 5.12. The molecule has 0 saturated carbocycles. The minimum atomic E-state index is -0.751. The summed E-state index contributed by atoms with van der Waals surface area (Å²) in [6.45, 7) is 0. The summed E-state index contributed by atoms with van der Waals surface area (Å²) in [6.07, 6.45) is 7.13. The first-order chi connectivity index (χ1) is 6.70. The van der Waals surface area contributed by atoms with E-state index in [0.717, 1.165) is 29.2 Å². The highest BCUT2D eigenvalue weighted by molar-refractivity contribution is 8.03. The molecule has 14 heavy (non-hydrogen) atoms. The van der Waals surface area contributed by atoms with Crippen LogP contribution in [-0.4, -0.2) is 16.8 Å². The van der Waals surface area contributed by atoms with E-state index in [2.05, 4.69) is 12.2 Å². The van der Waals surface area contributed by atoms with Crippen molar-refractivity contribution in [1.82, 2.24) is 0 Å². The lowest BCUT2D eigenvalue weighted by Crippen LogP contribution is -1.96. The van der Waals surface area contributed by atoms with E-state index in [1.807, 2.05) is 0 Å². The number of aliphatic carboxylic acids is 1. The number of allylic oxidation sites excluding steroid dienone is 4. The Morgan fingerprint density at radius 1 is 1.57 bits per heavy atom. The summed E-state index contributed by atoms with van der Waals surface area (Å²) in [5.41, 5.74) is 0. The van der Waals surface area contributed by atoms with Gasteiger partial charge in [0.25, 0.3) is 0 Å². The molecule has 0 bridgehead atoms. The van der Waals surface area contributed by atoms with Crippen LogP contribution in [0, 0.1) is 0 Å². The van der Waals surface area contributed by atoms with Gasteiger partial charge in [0.1, 0.15) is 0 Å². The van der Waals surface area contributed by atoms with Crippen molar-refractivity contribution < 1.29 is 9.90 Å². The number of rotatable bonds is 4. The Labute approximate surface area is 93.0 Å². The molecule has 0 radical (unpaired) electrons. The second-order valence-electron chi connectivity index (χ2n) is 3.03. The molecule has 1 rings (SSSR count). The van der Waals surface area contributed by atoms with Gasteiger partial charge in [0.15, 0.2) is 0 Å². The number of carbonyl (C=O) groups is 1. The van der Waals surface area contributed by atoms with Gasteiger partial charge in [0.05, 0.1) is 6.42 Å². The van der Waals surface area contributed by atoms with Gasteiger partial charge < -0.3 is 5.11 Å². The highest BCUT2D eigenvalue weighted by atomic mass is 35.5. The quantitative estimate of drug-likeness (QED) is 0.755. The van der Waals surface area contributed by atoms with Gasteiger partial charge in [-0.3, -0.25) is 4.79 Å². The topological polar surface area (TPSA) is 37.3 Å². The summed E-state index contributed by atoms with van der Waals surface area (Å²) >= 11 is 7.64. The molecule has 0 saturated heterocycles. The molecule has 0 aliphatic heterocycles. The SMILES string of the molecule is O=C(O)CCSC1=C(Cl)CCC=CC1. The number of carboxylic acid groups (broad SMARTS) is 1. The van der Waals surface area contributed by atoms with E-state index in [4.69, 9.17) is 16.7 Å². The zero-order valence-corrected chi connectivity index (χ0v) is 9.40. The van der Waals surface area contributed by atoms with E-state index in [1.54, 1.807) is 11.8 Å². The molecule has 0 aromatic carbocycles. The number of hydrogen-bond donors (Lipinski definition) is 1. The Morgan fingerprint density at radius 2 is 2.36 bits per heavy atom. The lowest BCUT2D eigenvalue weighted by atomic mass is 10.3. The second-order valence-corrected chi connectivity index (χ2v) is 4.68. The van der Waals surface area contributed by atoms with Crippen LogP contribution in [0.5, 0.6) is 0 Å². The Hall–Kier alpha value is -0.410. The first-order valence-electron chi connectivity index (χ1n) is 4.57. The smallest absolute Gasteiger partial charge is 0.304 e. The van der Waals surface area contributed by atoms with Crippen LogP contribution in [-0.2, 0) is 4.79 Å². The van der Waals surface area contributed by atoms with Gasteiger partial charge in [-0.25, -0.2) is 0 Å². The summed E-state index contributed by atoms with van der Waals surface area (Å²) in [7, 11) is 0. The molecule has 1 N–H and O–H groups in total. The van der Waals surface area contributed by atoms with E-state index in [1.165, 1.54) is 0 Å². The van der Waals surface area contributed by atoms with Crippen LogP contribution in [0.2, 0.25) is 0 Å². The minimum absolute atomic E-state index is 0.196.